The van der Waals surface area contributed by atoms with Gasteiger partial charge in [-0.05, 0) is 29.9 Å². The fraction of sp³-hybridized carbons (Fsp3) is 0.533. The van der Waals surface area contributed by atoms with Crippen LogP contribution < -0.4 is 0 Å². The van der Waals surface area contributed by atoms with Gasteiger partial charge in [0.2, 0.25) is 5.91 Å². The maximum absolute atomic E-state index is 12.2. The molecule has 0 radical (unpaired) electrons. The average Bonchev–Trinajstić information content (AvgIpc) is 2.53. The number of benzene rings is 1. The molecular weight excluding hydrogens is 292 g/mol. The highest BCUT2D eigenvalue weighted by atomic mass is 35.5. The largest absolute Gasteiger partial charge is 0.338 e. The molecule has 0 aliphatic carbocycles. The van der Waals surface area contributed by atoms with E-state index in [1.807, 2.05) is 0 Å². The molecule has 1 aromatic rings. The molecule has 0 aromatic heterocycles. The lowest BCUT2D eigenvalue weighted by molar-refractivity contribution is -0.384. The molecule has 1 amide bonds. The van der Waals surface area contributed by atoms with Crippen LogP contribution in [0.5, 0.6) is 0 Å². The molecule has 2 rings (SSSR count). The zero-order valence-corrected chi connectivity index (χ0v) is 13.0. The van der Waals surface area contributed by atoms with Crippen molar-refractivity contribution in [1.82, 2.24) is 4.90 Å². The number of nitro benzene ring substituents is 1. The van der Waals surface area contributed by atoms with Gasteiger partial charge in [0, 0.05) is 25.6 Å². The predicted octanol–water partition coefficient (Wildman–Crippen LogP) is 3.79. The Labute approximate surface area is 129 Å². The minimum absolute atomic E-state index is 0.109. The number of nitro groups is 1. The second-order valence-electron chi connectivity index (χ2n) is 6.27. The van der Waals surface area contributed by atoms with Crippen LogP contribution in [-0.4, -0.2) is 22.3 Å². The van der Waals surface area contributed by atoms with Crippen LogP contribution in [0.1, 0.15) is 38.7 Å². The van der Waals surface area contributed by atoms with Crippen LogP contribution in [0.15, 0.2) is 18.2 Å². The first kappa shape index (κ1) is 15.8. The number of rotatable bonds is 3. The van der Waals surface area contributed by atoms with Crippen molar-refractivity contribution in [1.29, 1.82) is 0 Å². The van der Waals surface area contributed by atoms with Gasteiger partial charge in [0.05, 0.1) is 4.92 Å². The highest BCUT2D eigenvalue weighted by Crippen LogP contribution is 2.31. The fourth-order valence-corrected chi connectivity index (χ4v) is 2.66. The third kappa shape index (κ3) is 3.94. The summed E-state index contributed by atoms with van der Waals surface area (Å²) in [4.78, 5) is 24.3. The van der Waals surface area contributed by atoms with Crippen molar-refractivity contribution in [3.63, 3.8) is 0 Å². The minimum atomic E-state index is -0.501. The van der Waals surface area contributed by atoms with Crippen LogP contribution in [-0.2, 0) is 11.3 Å². The Hall–Kier alpha value is -1.62. The van der Waals surface area contributed by atoms with E-state index in [4.69, 9.17) is 11.6 Å². The maximum Gasteiger partial charge on any atom is 0.288 e. The molecule has 1 aliphatic rings. The normalized spacial score (nSPS) is 18.4. The van der Waals surface area contributed by atoms with E-state index in [1.54, 1.807) is 11.0 Å². The van der Waals surface area contributed by atoms with Gasteiger partial charge in [-0.2, -0.15) is 0 Å². The SMILES string of the molecule is CC1(C)CCC(=O)N(Cc2ccc(Cl)c([N+](=O)[O-])c2)CC1. The van der Waals surface area contributed by atoms with Gasteiger partial charge in [0.25, 0.3) is 5.69 Å². The van der Waals surface area contributed by atoms with Gasteiger partial charge in [0.1, 0.15) is 5.02 Å². The van der Waals surface area contributed by atoms with Crippen molar-refractivity contribution >= 4 is 23.2 Å². The number of carbonyl (C=O) groups is 1. The molecule has 0 bridgehead atoms. The van der Waals surface area contributed by atoms with Crippen molar-refractivity contribution in [3.05, 3.63) is 38.9 Å². The molecule has 1 heterocycles. The molecule has 1 fully saturated rings. The standard InChI is InChI=1S/C15H19ClN2O3/c1-15(2)6-5-14(19)17(8-7-15)10-11-3-4-12(16)13(9-11)18(20)21/h3-4,9H,5-8,10H2,1-2H3. The minimum Gasteiger partial charge on any atom is -0.338 e. The number of likely N-dealkylation sites (tertiary alicyclic amines) is 1. The Kier molecular flexibility index (Phi) is 4.52. The number of hydrogen-bond acceptors (Lipinski definition) is 3. The smallest absolute Gasteiger partial charge is 0.288 e. The lowest BCUT2D eigenvalue weighted by Gasteiger charge is -2.23. The summed E-state index contributed by atoms with van der Waals surface area (Å²) in [5.74, 6) is 0.109. The van der Waals surface area contributed by atoms with Crippen LogP contribution >= 0.6 is 11.6 Å². The van der Waals surface area contributed by atoms with Crippen LogP contribution in [0.4, 0.5) is 5.69 Å². The van der Waals surface area contributed by atoms with E-state index >= 15 is 0 Å². The second kappa shape index (κ2) is 6.02. The van der Waals surface area contributed by atoms with Crippen LogP contribution in [0.25, 0.3) is 0 Å². The molecule has 5 nitrogen and oxygen atoms in total. The Morgan fingerprint density at radius 3 is 2.76 bits per heavy atom. The van der Waals surface area contributed by atoms with Gasteiger partial charge in [-0.1, -0.05) is 31.5 Å². The van der Waals surface area contributed by atoms with E-state index < -0.39 is 4.92 Å². The molecule has 0 N–H and O–H groups in total. The van der Waals surface area contributed by atoms with Gasteiger partial charge in [-0.15, -0.1) is 0 Å². The predicted molar refractivity (Wildman–Crippen MR) is 81.2 cm³/mol. The van der Waals surface area contributed by atoms with Gasteiger partial charge in [-0.3, -0.25) is 14.9 Å². The quantitative estimate of drug-likeness (QED) is 0.630. The summed E-state index contributed by atoms with van der Waals surface area (Å²) in [6, 6.07) is 4.70. The molecule has 0 unspecified atom stereocenters. The first-order chi connectivity index (χ1) is 9.78. The summed E-state index contributed by atoms with van der Waals surface area (Å²) in [5, 5.41) is 11.0. The number of halogens is 1. The van der Waals surface area contributed by atoms with Crippen LogP contribution in [0.2, 0.25) is 5.02 Å². The molecule has 0 saturated carbocycles. The van der Waals surface area contributed by atoms with E-state index in [0.29, 0.717) is 19.5 Å². The molecule has 1 aliphatic heterocycles. The molecule has 0 spiro atoms. The van der Waals surface area contributed by atoms with Crippen LogP contribution in [0.3, 0.4) is 0 Å². The van der Waals surface area contributed by atoms with E-state index in [2.05, 4.69) is 13.8 Å². The monoisotopic (exact) mass is 310 g/mol. The second-order valence-corrected chi connectivity index (χ2v) is 6.68. The number of hydrogen-bond donors (Lipinski definition) is 0. The molecule has 1 saturated heterocycles. The van der Waals surface area contributed by atoms with Crippen molar-refractivity contribution < 1.29 is 9.72 Å². The van der Waals surface area contributed by atoms with Gasteiger partial charge < -0.3 is 4.90 Å². The molecule has 114 valence electrons. The Morgan fingerprint density at radius 1 is 1.38 bits per heavy atom. The van der Waals surface area contributed by atoms with Crippen molar-refractivity contribution in [2.45, 2.75) is 39.7 Å². The highest BCUT2D eigenvalue weighted by molar-refractivity contribution is 6.32. The molecule has 1 aromatic carbocycles. The number of nitrogens with zero attached hydrogens (tertiary/aromatic N) is 2. The zero-order chi connectivity index (χ0) is 15.6. The Morgan fingerprint density at radius 2 is 2.10 bits per heavy atom. The van der Waals surface area contributed by atoms with E-state index in [9.17, 15) is 14.9 Å². The molecule has 21 heavy (non-hydrogen) atoms. The number of carbonyl (C=O) groups excluding carboxylic acids is 1. The summed E-state index contributed by atoms with van der Waals surface area (Å²) in [5.41, 5.74) is 0.784. The van der Waals surface area contributed by atoms with Crippen LogP contribution in [0, 0.1) is 15.5 Å². The Bertz CT molecular complexity index is 572. The Balaban J connectivity index is 2.15. The van der Waals surface area contributed by atoms with Gasteiger partial charge in [0.15, 0.2) is 0 Å². The summed E-state index contributed by atoms with van der Waals surface area (Å²) < 4.78 is 0. The maximum atomic E-state index is 12.2. The van der Waals surface area contributed by atoms with Gasteiger partial charge in [-0.25, -0.2) is 0 Å². The molecular formula is C15H19ClN2O3. The lowest BCUT2D eigenvalue weighted by Crippen LogP contribution is -2.30. The fourth-order valence-electron chi connectivity index (χ4n) is 2.47. The zero-order valence-electron chi connectivity index (χ0n) is 12.3. The van der Waals surface area contributed by atoms with E-state index in [-0.39, 0.29) is 22.0 Å². The lowest BCUT2D eigenvalue weighted by atomic mass is 9.85. The van der Waals surface area contributed by atoms with Crippen molar-refractivity contribution in [2.75, 3.05) is 6.54 Å². The molecule has 0 atom stereocenters. The summed E-state index contributed by atoms with van der Waals surface area (Å²) in [7, 11) is 0. The number of amides is 1. The van der Waals surface area contributed by atoms with Crippen molar-refractivity contribution in [3.8, 4) is 0 Å². The van der Waals surface area contributed by atoms with Crippen molar-refractivity contribution in [2.24, 2.45) is 5.41 Å². The average molecular weight is 311 g/mol. The third-order valence-corrected chi connectivity index (χ3v) is 4.33. The highest BCUT2D eigenvalue weighted by Gasteiger charge is 2.27. The summed E-state index contributed by atoms with van der Waals surface area (Å²) >= 11 is 5.80. The summed E-state index contributed by atoms with van der Waals surface area (Å²) in [6.07, 6.45) is 2.35. The van der Waals surface area contributed by atoms with Gasteiger partial charge >= 0.3 is 0 Å². The topological polar surface area (TPSA) is 63.5 Å². The third-order valence-electron chi connectivity index (χ3n) is 4.01. The van der Waals surface area contributed by atoms with E-state index in [0.717, 1.165) is 18.4 Å². The van der Waals surface area contributed by atoms with E-state index in [1.165, 1.54) is 12.1 Å². The first-order valence-electron chi connectivity index (χ1n) is 6.99. The molecule has 6 heteroatoms. The first-order valence-corrected chi connectivity index (χ1v) is 7.37. The summed E-state index contributed by atoms with van der Waals surface area (Å²) in [6.45, 7) is 5.41.